The van der Waals surface area contributed by atoms with Crippen molar-refractivity contribution in [3.63, 3.8) is 0 Å². The van der Waals surface area contributed by atoms with E-state index in [2.05, 4.69) is 9.82 Å². The maximum absolute atomic E-state index is 9.87. The van der Waals surface area contributed by atoms with Crippen molar-refractivity contribution in [2.75, 3.05) is 11.5 Å². The van der Waals surface area contributed by atoms with E-state index in [0.717, 1.165) is 0 Å². The van der Waals surface area contributed by atoms with Gasteiger partial charge in [-0.2, -0.15) is 0 Å². The average Bonchev–Trinajstić information content (AvgIpc) is 1.81. The summed E-state index contributed by atoms with van der Waals surface area (Å²) < 4.78 is 0. The first kappa shape index (κ1) is 8.05. The zero-order valence-corrected chi connectivity index (χ0v) is 5.93. The number of rotatable bonds is 2. The molecule has 7 heteroatoms. The molecule has 7 nitrogen and oxygen atoms in total. The second kappa shape index (κ2) is 2.91. The van der Waals surface area contributed by atoms with Crippen LogP contribution in [-0.4, -0.2) is 10.1 Å². The fourth-order valence-corrected chi connectivity index (χ4v) is 0.686. The van der Waals surface area contributed by atoms with Crippen LogP contribution in [0, 0.1) is 10.1 Å². The van der Waals surface area contributed by atoms with E-state index in [9.17, 15) is 10.1 Å². The normalized spacial score (nSPS) is 9.33. The molecule has 0 atom stereocenters. The van der Waals surface area contributed by atoms with Gasteiger partial charge in [-0.15, -0.1) is 10.1 Å². The number of anilines is 2. The van der Waals surface area contributed by atoms with E-state index in [1.807, 2.05) is 0 Å². The summed E-state index contributed by atoms with van der Waals surface area (Å²) in [5.41, 5.74) is 10.5. The fraction of sp³-hybridized carbons (Fsp3) is 0. The molecule has 0 spiro atoms. The molecule has 0 unspecified atom stereocenters. The Morgan fingerprint density at radius 1 is 1.42 bits per heavy atom. The molecule has 0 aliphatic rings. The van der Waals surface area contributed by atoms with Gasteiger partial charge in [0.25, 0.3) is 5.09 Å². The summed E-state index contributed by atoms with van der Waals surface area (Å²) in [7, 11) is 0. The number of pyridine rings is 1. The van der Waals surface area contributed by atoms with Gasteiger partial charge in [-0.05, 0) is 0 Å². The Bertz CT molecular complexity index is 293. The fourth-order valence-electron chi connectivity index (χ4n) is 0.686. The van der Waals surface area contributed by atoms with Gasteiger partial charge in [0, 0.05) is 12.1 Å². The lowest BCUT2D eigenvalue weighted by molar-refractivity contribution is -0.711. The van der Waals surface area contributed by atoms with Crippen molar-refractivity contribution in [1.29, 1.82) is 0 Å². The highest BCUT2D eigenvalue weighted by atomic mass is 17.0. The van der Waals surface area contributed by atoms with Gasteiger partial charge in [0.2, 0.25) is 0 Å². The van der Waals surface area contributed by atoms with Gasteiger partial charge in [0.05, 0.1) is 0 Å². The van der Waals surface area contributed by atoms with Crippen LogP contribution in [0.25, 0.3) is 0 Å². The summed E-state index contributed by atoms with van der Waals surface area (Å²) in [5.74, 6) is 0.115. The van der Waals surface area contributed by atoms with Crippen molar-refractivity contribution in [2.24, 2.45) is 0 Å². The molecule has 0 aromatic carbocycles. The summed E-state index contributed by atoms with van der Waals surface area (Å²) in [4.78, 5) is 17.6. The average molecular weight is 170 g/mol. The predicted octanol–water partition coefficient (Wildman–Crippen LogP) is -0.184. The van der Waals surface area contributed by atoms with Crippen molar-refractivity contribution >= 4 is 11.6 Å². The molecule has 1 aromatic rings. The first-order valence-corrected chi connectivity index (χ1v) is 2.93. The highest BCUT2D eigenvalue weighted by Crippen LogP contribution is 2.16. The smallest absolute Gasteiger partial charge is 0.299 e. The zero-order chi connectivity index (χ0) is 9.14. The van der Waals surface area contributed by atoms with Crippen LogP contribution in [0.4, 0.5) is 11.6 Å². The number of nitrogens with zero attached hydrogens (tertiary/aromatic N) is 2. The minimum absolute atomic E-state index is 0.0370. The molecule has 4 N–H and O–H groups in total. The third kappa shape index (κ3) is 1.97. The number of hydrogen-bond acceptors (Lipinski definition) is 6. The summed E-state index contributed by atoms with van der Waals surface area (Å²) in [6, 6.07) is 2.42. The summed E-state index contributed by atoms with van der Waals surface area (Å²) in [5, 5.41) is 8.92. The Labute approximate surface area is 67.1 Å². The van der Waals surface area contributed by atoms with E-state index < -0.39 is 5.09 Å². The van der Waals surface area contributed by atoms with Gasteiger partial charge in [0.1, 0.15) is 17.4 Å². The van der Waals surface area contributed by atoms with Gasteiger partial charge in [-0.1, -0.05) is 0 Å². The number of aromatic nitrogens is 1. The van der Waals surface area contributed by atoms with Crippen LogP contribution in [0.15, 0.2) is 12.1 Å². The molecule has 1 rings (SSSR count). The summed E-state index contributed by atoms with van der Waals surface area (Å²) in [6.45, 7) is 0. The third-order valence-electron chi connectivity index (χ3n) is 1.02. The third-order valence-corrected chi connectivity index (χ3v) is 1.02. The lowest BCUT2D eigenvalue weighted by Gasteiger charge is -2.00. The Morgan fingerprint density at radius 3 is 2.33 bits per heavy atom. The van der Waals surface area contributed by atoms with E-state index in [0.29, 0.717) is 0 Å². The maximum Gasteiger partial charge on any atom is 0.299 e. The van der Waals surface area contributed by atoms with Crippen LogP contribution in [0.1, 0.15) is 0 Å². The van der Waals surface area contributed by atoms with Crippen LogP contribution < -0.4 is 16.3 Å². The van der Waals surface area contributed by atoms with E-state index >= 15 is 0 Å². The molecular weight excluding hydrogens is 164 g/mol. The van der Waals surface area contributed by atoms with Crippen molar-refractivity contribution in [1.82, 2.24) is 4.98 Å². The van der Waals surface area contributed by atoms with Crippen molar-refractivity contribution in [3.8, 4) is 5.75 Å². The Hall–Kier alpha value is -2.05. The zero-order valence-electron chi connectivity index (χ0n) is 5.93. The topological polar surface area (TPSA) is 117 Å². The number of nitrogen functional groups attached to an aromatic ring is 2. The molecule has 64 valence electrons. The monoisotopic (exact) mass is 170 g/mol. The van der Waals surface area contributed by atoms with Crippen molar-refractivity contribution in [3.05, 3.63) is 22.2 Å². The molecule has 0 aliphatic carbocycles. The van der Waals surface area contributed by atoms with E-state index in [1.165, 1.54) is 12.1 Å². The molecular formula is C5H6N4O3. The van der Waals surface area contributed by atoms with Crippen molar-refractivity contribution < 1.29 is 9.92 Å². The van der Waals surface area contributed by atoms with Gasteiger partial charge in [-0.25, -0.2) is 4.98 Å². The van der Waals surface area contributed by atoms with Crippen LogP contribution in [0.5, 0.6) is 5.75 Å². The molecule has 0 bridgehead atoms. The molecule has 0 fully saturated rings. The summed E-state index contributed by atoms with van der Waals surface area (Å²) >= 11 is 0. The summed E-state index contributed by atoms with van der Waals surface area (Å²) in [6.07, 6.45) is 0. The Kier molecular flexibility index (Phi) is 1.95. The molecule has 12 heavy (non-hydrogen) atoms. The van der Waals surface area contributed by atoms with Gasteiger partial charge < -0.3 is 11.5 Å². The molecule has 0 saturated heterocycles. The second-order valence-electron chi connectivity index (χ2n) is 1.97. The van der Waals surface area contributed by atoms with Gasteiger partial charge >= 0.3 is 0 Å². The lowest BCUT2D eigenvalue weighted by atomic mass is 10.4. The molecule has 0 radical (unpaired) electrons. The maximum atomic E-state index is 9.87. The second-order valence-corrected chi connectivity index (χ2v) is 1.97. The molecule has 1 aromatic heterocycles. The molecule has 0 saturated carbocycles. The van der Waals surface area contributed by atoms with Crippen LogP contribution >= 0.6 is 0 Å². The standard InChI is InChI=1S/C5H6N4O3/c6-4-1-3(12-9(10)11)2-5(7)8-4/h1-2H,(H4,6,7,8). The largest absolute Gasteiger partial charge is 0.384 e. The molecule has 0 aliphatic heterocycles. The highest BCUT2D eigenvalue weighted by molar-refractivity contribution is 5.46. The Balaban J connectivity index is 2.93. The number of nitrogens with two attached hydrogens (primary N) is 2. The van der Waals surface area contributed by atoms with Gasteiger partial charge in [-0.3, -0.25) is 4.84 Å². The minimum atomic E-state index is -0.950. The molecule has 0 amide bonds. The highest BCUT2D eigenvalue weighted by Gasteiger charge is 2.01. The quantitative estimate of drug-likeness (QED) is 0.469. The first-order valence-electron chi connectivity index (χ1n) is 2.93. The first-order chi connectivity index (χ1) is 5.58. The van der Waals surface area contributed by atoms with Crippen LogP contribution in [0.3, 0.4) is 0 Å². The van der Waals surface area contributed by atoms with Gasteiger partial charge in [0.15, 0.2) is 0 Å². The number of hydrogen-bond donors (Lipinski definition) is 2. The Morgan fingerprint density at radius 2 is 1.92 bits per heavy atom. The van der Waals surface area contributed by atoms with E-state index in [1.54, 1.807) is 0 Å². The van der Waals surface area contributed by atoms with Crippen molar-refractivity contribution in [2.45, 2.75) is 0 Å². The minimum Gasteiger partial charge on any atom is -0.384 e. The predicted molar refractivity (Wildman–Crippen MR) is 40.7 cm³/mol. The van der Waals surface area contributed by atoms with Crippen LogP contribution in [0.2, 0.25) is 0 Å². The SMILES string of the molecule is Nc1cc(O[N+](=O)[O-])cc(N)n1. The van der Waals surface area contributed by atoms with Crippen LogP contribution in [-0.2, 0) is 0 Å². The van der Waals surface area contributed by atoms with E-state index in [4.69, 9.17) is 11.5 Å². The van der Waals surface area contributed by atoms with E-state index in [-0.39, 0.29) is 17.4 Å². The lowest BCUT2D eigenvalue weighted by Crippen LogP contribution is -2.05. The molecule has 1 heterocycles.